The molecule has 2 rings (SSSR count). The Bertz CT molecular complexity index is 344. The van der Waals surface area contributed by atoms with Crippen LogP contribution in [0.4, 0.5) is 0 Å². The number of rotatable bonds is 1. The summed E-state index contributed by atoms with van der Waals surface area (Å²) in [4.78, 5) is 10.9. The van der Waals surface area contributed by atoms with E-state index in [1.54, 1.807) is 30.5 Å². The summed E-state index contributed by atoms with van der Waals surface area (Å²) >= 11 is 0. The van der Waals surface area contributed by atoms with E-state index < -0.39 is 0 Å². The molecule has 1 aliphatic heterocycles. The first-order chi connectivity index (χ1) is 5.86. The van der Waals surface area contributed by atoms with Crippen molar-refractivity contribution < 1.29 is 13.9 Å². The summed E-state index contributed by atoms with van der Waals surface area (Å²) in [5, 5.41) is 0. The van der Waals surface area contributed by atoms with Crippen molar-refractivity contribution in [2.75, 3.05) is 0 Å². The SMILES string of the molecule is O=C1OC=C/C1=C\c1ccco1. The van der Waals surface area contributed by atoms with Crippen LogP contribution in [0.3, 0.4) is 0 Å². The zero-order valence-corrected chi connectivity index (χ0v) is 6.19. The fourth-order valence-corrected chi connectivity index (χ4v) is 0.939. The van der Waals surface area contributed by atoms with Gasteiger partial charge in [0.25, 0.3) is 0 Å². The van der Waals surface area contributed by atoms with Gasteiger partial charge in [-0.05, 0) is 24.3 Å². The molecule has 3 nitrogen and oxygen atoms in total. The molecule has 0 radical (unpaired) electrons. The van der Waals surface area contributed by atoms with Gasteiger partial charge < -0.3 is 9.15 Å². The molecule has 0 saturated carbocycles. The van der Waals surface area contributed by atoms with E-state index >= 15 is 0 Å². The molecule has 0 N–H and O–H groups in total. The van der Waals surface area contributed by atoms with Crippen molar-refractivity contribution in [1.29, 1.82) is 0 Å². The lowest BCUT2D eigenvalue weighted by Crippen LogP contribution is -1.94. The average molecular weight is 162 g/mol. The molecule has 0 unspecified atom stereocenters. The standard InChI is InChI=1S/C9H6O3/c10-9-7(3-5-12-9)6-8-2-1-4-11-8/h1-6H/b7-6+. The first-order valence-corrected chi connectivity index (χ1v) is 3.49. The van der Waals surface area contributed by atoms with Gasteiger partial charge in [-0.1, -0.05) is 0 Å². The van der Waals surface area contributed by atoms with E-state index in [4.69, 9.17) is 4.42 Å². The van der Waals surface area contributed by atoms with Crippen molar-refractivity contribution in [3.05, 3.63) is 42.1 Å². The minimum Gasteiger partial charge on any atom is -0.465 e. The summed E-state index contributed by atoms with van der Waals surface area (Å²) in [5.74, 6) is 0.305. The number of esters is 1. The minimum absolute atomic E-state index is 0.341. The van der Waals surface area contributed by atoms with Crippen LogP contribution in [-0.4, -0.2) is 5.97 Å². The Balaban J connectivity index is 2.29. The van der Waals surface area contributed by atoms with Crippen LogP contribution in [0.5, 0.6) is 0 Å². The minimum atomic E-state index is -0.341. The predicted molar refractivity (Wildman–Crippen MR) is 41.9 cm³/mol. The van der Waals surface area contributed by atoms with Crippen molar-refractivity contribution in [1.82, 2.24) is 0 Å². The van der Waals surface area contributed by atoms with Gasteiger partial charge in [0, 0.05) is 0 Å². The summed E-state index contributed by atoms with van der Waals surface area (Å²) in [7, 11) is 0. The number of cyclic esters (lactones) is 1. The Morgan fingerprint density at radius 2 is 2.33 bits per heavy atom. The number of carbonyl (C=O) groups excluding carboxylic acids is 1. The fourth-order valence-electron chi connectivity index (χ4n) is 0.939. The third-order valence-corrected chi connectivity index (χ3v) is 1.50. The molecule has 0 atom stereocenters. The first-order valence-electron chi connectivity index (χ1n) is 3.49. The highest BCUT2D eigenvalue weighted by Crippen LogP contribution is 2.14. The van der Waals surface area contributed by atoms with Crippen LogP contribution in [-0.2, 0) is 9.53 Å². The first kappa shape index (κ1) is 6.91. The molecular weight excluding hydrogens is 156 g/mol. The molecule has 60 valence electrons. The van der Waals surface area contributed by atoms with Crippen molar-refractivity contribution >= 4 is 12.0 Å². The van der Waals surface area contributed by atoms with Crippen LogP contribution in [0.25, 0.3) is 6.08 Å². The summed E-state index contributed by atoms with van der Waals surface area (Å²) < 4.78 is 9.61. The van der Waals surface area contributed by atoms with Crippen LogP contribution in [0, 0.1) is 0 Å². The topological polar surface area (TPSA) is 39.4 Å². The van der Waals surface area contributed by atoms with Crippen molar-refractivity contribution in [2.24, 2.45) is 0 Å². The van der Waals surface area contributed by atoms with E-state index in [-0.39, 0.29) is 5.97 Å². The molecule has 0 saturated heterocycles. The molecule has 3 heteroatoms. The zero-order valence-electron chi connectivity index (χ0n) is 6.19. The number of ether oxygens (including phenoxy) is 1. The highest BCUT2D eigenvalue weighted by atomic mass is 16.5. The van der Waals surface area contributed by atoms with Gasteiger partial charge in [0.2, 0.25) is 0 Å². The normalized spacial score (nSPS) is 18.7. The Labute approximate surface area is 68.9 Å². The van der Waals surface area contributed by atoms with Gasteiger partial charge in [0.15, 0.2) is 0 Å². The second kappa shape index (κ2) is 2.70. The number of carbonyl (C=O) groups is 1. The number of furan rings is 1. The van der Waals surface area contributed by atoms with Crippen LogP contribution in [0.1, 0.15) is 5.76 Å². The maximum atomic E-state index is 10.9. The second-order valence-corrected chi connectivity index (χ2v) is 2.32. The lowest BCUT2D eigenvalue weighted by atomic mass is 10.2. The number of hydrogen-bond acceptors (Lipinski definition) is 3. The quantitative estimate of drug-likeness (QED) is 0.466. The van der Waals surface area contributed by atoms with Crippen LogP contribution in [0.2, 0.25) is 0 Å². The van der Waals surface area contributed by atoms with E-state index in [1.165, 1.54) is 6.26 Å². The van der Waals surface area contributed by atoms with Gasteiger partial charge in [-0.25, -0.2) is 4.79 Å². The molecule has 0 bridgehead atoms. The van der Waals surface area contributed by atoms with Crippen LogP contribution in [0.15, 0.2) is 40.7 Å². The van der Waals surface area contributed by atoms with Crippen LogP contribution < -0.4 is 0 Å². The van der Waals surface area contributed by atoms with Gasteiger partial charge in [0.1, 0.15) is 5.76 Å². The largest absolute Gasteiger partial charge is 0.465 e. The summed E-state index contributed by atoms with van der Waals surface area (Å²) in [6.07, 6.45) is 6.14. The fraction of sp³-hybridized carbons (Fsp3) is 0. The second-order valence-electron chi connectivity index (χ2n) is 2.32. The highest BCUT2D eigenvalue weighted by Gasteiger charge is 2.12. The lowest BCUT2D eigenvalue weighted by Gasteiger charge is -1.88. The number of hydrogen-bond donors (Lipinski definition) is 0. The van der Waals surface area contributed by atoms with Crippen molar-refractivity contribution in [3.63, 3.8) is 0 Å². The average Bonchev–Trinajstić information content (AvgIpc) is 2.65. The highest BCUT2D eigenvalue weighted by molar-refractivity contribution is 5.98. The van der Waals surface area contributed by atoms with E-state index in [0.717, 1.165) is 0 Å². The van der Waals surface area contributed by atoms with Crippen molar-refractivity contribution in [2.45, 2.75) is 0 Å². The Morgan fingerprint density at radius 3 is 2.92 bits per heavy atom. The predicted octanol–water partition coefficient (Wildman–Crippen LogP) is 1.73. The molecule has 12 heavy (non-hydrogen) atoms. The van der Waals surface area contributed by atoms with E-state index in [2.05, 4.69) is 4.74 Å². The van der Waals surface area contributed by atoms with Gasteiger partial charge in [0.05, 0.1) is 18.1 Å². The van der Waals surface area contributed by atoms with Gasteiger partial charge in [-0.15, -0.1) is 0 Å². The van der Waals surface area contributed by atoms with Gasteiger partial charge in [-0.2, -0.15) is 0 Å². The molecule has 2 heterocycles. The van der Waals surface area contributed by atoms with E-state index in [9.17, 15) is 4.79 Å². The Kier molecular flexibility index (Phi) is 1.55. The lowest BCUT2D eigenvalue weighted by molar-refractivity contribution is -0.131. The third-order valence-electron chi connectivity index (χ3n) is 1.50. The summed E-state index contributed by atoms with van der Waals surface area (Å²) in [6, 6.07) is 3.53. The molecule has 0 fully saturated rings. The molecule has 0 amide bonds. The van der Waals surface area contributed by atoms with Crippen molar-refractivity contribution in [3.8, 4) is 0 Å². The smallest absolute Gasteiger partial charge is 0.343 e. The maximum Gasteiger partial charge on any atom is 0.343 e. The summed E-state index contributed by atoms with van der Waals surface area (Å²) in [5.41, 5.74) is 0.505. The summed E-state index contributed by atoms with van der Waals surface area (Å²) in [6.45, 7) is 0. The Hall–Kier alpha value is -1.77. The molecule has 1 aromatic heterocycles. The third kappa shape index (κ3) is 1.16. The molecule has 0 aromatic carbocycles. The van der Waals surface area contributed by atoms with Gasteiger partial charge >= 0.3 is 5.97 Å². The molecular formula is C9H6O3. The molecule has 1 aliphatic rings. The van der Waals surface area contributed by atoms with E-state index in [0.29, 0.717) is 11.3 Å². The zero-order chi connectivity index (χ0) is 8.39. The van der Waals surface area contributed by atoms with Crippen LogP contribution >= 0.6 is 0 Å². The van der Waals surface area contributed by atoms with Gasteiger partial charge in [-0.3, -0.25) is 0 Å². The maximum absolute atomic E-state index is 10.9. The molecule has 0 spiro atoms. The van der Waals surface area contributed by atoms with E-state index in [1.807, 2.05) is 0 Å². The monoisotopic (exact) mass is 162 g/mol. The molecule has 0 aliphatic carbocycles. The molecule has 1 aromatic rings. The Morgan fingerprint density at radius 1 is 1.42 bits per heavy atom.